The van der Waals surface area contributed by atoms with Crippen LogP contribution in [-0.2, 0) is 11.3 Å². The van der Waals surface area contributed by atoms with Crippen LogP contribution < -0.4 is 10.6 Å². The van der Waals surface area contributed by atoms with Gasteiger partial charge in [-0.25, -0.2) is 9.18 Å². The predicted octanol–water partition coefficient (Wildman–Crippen LogP) is 0.957. The number of carbonyl (C=O) groups excluding carboxylic acids is 1. The van der Waals surface area contributed by atoms with E-state index in [0.717, 1.165) is 13.1 Å². The third kappa shape index (κ3) is 4.47. The van der Waals surface area contributed by atoms with Crippen LogP contribution in [0.3, 0.4) is 0 Å². The van der Waals surface area contributed by atoms with Gasteiger partial charge in [0, 0.05) is 44.8 Å². The number of piperazine rings is 1. The Kier molecular flexibility index (Phi) is 5.76. The number of rotatable bonds is 5. The topological polar surface area (TPSA) is 53.6 Å². The first-order valence-corrected chi connectivity index (χ1v) is 6.84. The maximum atomic E-state index is 13.3. The van der Waals surface area contributed by atoms with E-state index >= 15 is 0 Å². The highest BCUT2D eigenvalue weighted by Crippen LogP contribution is 2.05. The normalized spacial score (nSPS) is 15.2. The van der Waals surface area contributed by atoms with Crippen molar-refractivity contribution in [2.24, 2.45) is 0 Å². The van der Waals surface area contributed by atoms with Crippen LogP contribution >= 0.6 is 0 Å². The Morgan fingerprint density at radius 2 is 2.10 bits per heavy atom. The molecule has 1 fully saturated rings. The summed E-state index contributed by atoms with van der Waals surface area (Å²) in [7, 11) is 0. The molecule has 0 atom stereocenters. The first-order valence-electron chi connectivity index (χ1n) is 6.84. The highest BCUT2D eigenvalue weighted by molar-refractivity contribution is 5.67. The zero-order valence-electron chi connectivity index (χ0n) is 11.4. The smallest absolute Gasteiger partial charge is 0.409 e. The van der Waals surface area contributed by atoms with Gasteiger partial charge in [0.25, 0.3) is 0 Å². The zero-order chi connectivity index (χ0) is 14.2. The van der Waals surface area contributed by atoms with E-state index in [9.17, 15) is 9.18 Å². The Hall–Kier alpha value is -1.66. The quantitative estimate of drug-likeness (QED) is 0.789. The zero-order valence-corrected chi connectivity index (χ0v) is 11.4. The molecule has 2 N–H and O–H groups in total. The molecule has 0 aliphatic carbocycles. The van der Waals surface area contributed by atoms with Crippen molar-refractivity contribution in [1.29, 1.82) is 0 Å². The summed E-state index contributed by atoms with van der Waals surface area (Å²) in [5.74, 6) is -0.224. The van der Waals surface area contributed by atoms with Gasteiger partial charge >= 0.3 is 6.09 Å². The number of amides is 1. The van der Waals surface area contributed by atoms with E-state index < -0.39 is 0 Å². The number of nitrogens with zero attached hydrogens (tertiary/aromatic N) is 1. The minimum Gasteiger partial charge on any atom is -0.448 e. The molecule has 0 aromatic heterocycles. The average Bonchev–Trinajstić information content (AvgIpc) is 2.49. The maximum absolute atomic E-state index is 13.3. The van der Waals surface area contributed by atoms with Crippen molar-refractivity contribution in [3.8, 4) is 0 Å². The van der Waals surface area contributed by atoms with E-state index in [1.54, 1.807) is 23.1 Å². The summed E-state index contributed by atoms with van der Waals surface area (Å²) in [5.41, 5.74) is 0.612. The number of nitrogens with one attached hydrogen (secondary N) is 2. The van der Waals surface area contributed by atoms with Crippen LogP contribution in [0, 0.1) is 5.82 Å². The minimum absolute atomic E-state index is 0.224. The molecule has 0 unspecified atom stereocenters. The van der Waals surface area contributed by atoms with E-state index in [1.165, 1.54) is 6.07 Å². The Bertz CT molecular complexity index is 436. The Labute approximate surface area is 118 Å². The molecule has 5 nitrogen and oxygen atoms in total. The molecule has 0 spiro atoms. The first kappa shape index (κ1) is 14.7. The van der Waals surface area contributed by atoms with Crippen molar-refractivity contribution < 1.29 is 13.9 Å². The van der Waals surface area contributed by atoms with Crippen LogP contribution in [0.4, 0.5) is 9.18 Å². The van der Waals surface area contributed by atoms with Crippen molar-refractivity contribution in [1.82, 2.24) is 15.5 Å². The first-order chi connectivity index (χ1) is 9.77. The molecule has 0 bridgehead atoms. The fraction of sp³-hybridized carbons (Fsp3) is 0.500. The molecule has 0 saturated carbocycles. The molecule has 1 saturated heterocycles. The van der Waals surface area contributed by atoms with Crippen molar-refractivity contribution in [3.63, 3.8) is 0 Å². The van der Waals surface area contributed by atoms with Crippen molar-refractivity contribution >= 4 is 6.09 Å². The molecule has 1 aliphatic heterocycles. The summed E-state index contributed by atoms with van der Waals surface area (Å²) in [5, 5.41) is 6.22. The van der Waals surface area contributed by atoms with Crippen molar-refractivity contribution in [2.75, 3.05) is 39.3 Å². The molecule has 110 valence electrons. The summed E-state index contributed by atoms with van der Waals surface area (Å²) in [6.45, 7) is 4.20. The Morgan fingerprint density at radius 1 is 1.35 bits per heavy atom. The van der Waals surface area contributed by atoms with Gasteiger partial charge < -0.3 is 20.3 Å². The van der Waals surface area contributed by atoms with Crippen molar-refractivity contribution in [2.45, 2.75) is 6.54 Å². The highest BCUT2D eigenvalue weighted by Gasteiger charge is 2.16. The molecule has 6 heteroatoms. The molecule has 1 aliphatic rings. The van der Waals surface area contributed by atoms with Gasteiger partial charge in [-0.2, -0.15) is 0 Å². The highest BCUT2D eigenvalue weighted by atomic mass is 19.1. The summed E-state index contributed by atoms with van der Waals surface area (Å²) in [6, 6.07) is 6.62. The molecular formula is C14H20FN3O2. The summed E-state index contributed by atoms with van der Waals surface area (Å²) >= 11 is 0. The molecule has 1 aromatic rings. The fourth-order valence-corrected chi connectivity index (χ4v) is 2.01. The Balaban J connectivity index is 1.59. The molecule has 1 aromatic carbocycles. The van der Waals surface area contributed by atoms with Crippen LogP contribution in [-0.4, -0.2) is 50.3 Å². The van der Waals surface area contributed by atoms with Gasteiger partial charge in [-0.1, -0.05) is 18.2 Å². The number of ether oxygens (including phenoxy) is 1. The van der Waals surface area contributed by atoms with Gasteiger partial charge in [0.05, 0.1) is 0 Å². The lowest BCUT2D eigenvalue weighted by Gasteiger charge is -2.26. The summed E-state index contributed by atoms with van der Waals surface area (Å²) < 4.78 is 18.5. The molecule has 1 amide bonds. The third-order valence-corrected chi connectivity index (χ3v) is 3.15. The van der Waals surface area contributed by atoms with Gasteiger partial charge in [-0.05, 0) is 6.07 Å². The van der Waals surface area contributed by atoms with Gasteiger partial charge in [0.15, 0.2) is 0 Å². The molecule has 2 rings (SSSR count). The number of hydrogen-bond acceptors (Lipinski definition) is 4. The lowest BCUT2D eigenvalue weighted by Crippen LogP contribution is -2.46. The molecule has 20 heavy (non-hydrogen) atoms. The van der Waals surface area contributed by atoms with Crippen LogP contribution in [0.1, 0.15) is 5.56 Å². The lowest BCUT2D eigenvalue weighted by atomic mass is 10.2. The predicted molar refractivity (Wildman–Crippen MR) is 73.9 cm³/mol. The van der Waals surface area contributed by atoms with E-state index in [1.807, 2.05) is 0 Å². The monoisotopic (exact) mass is 281 g/mol. The number of hydrogen-bond donors (Lipinski definition) is 2. The summed E-state index contributed by atoms with van der Waals surface area (Å²) in [4.78, 5) is 13.4. The Morgan fingerprint density at radius 3 is 2.85 bits per heavy atom. The third-order valence-electron chi connectivity index (χ3n) is 3.15. The number of halogens is 1. The second kappa shape index (κ2) is 7.81. The molecule has 0 radical (unpaired) electrons. The van der Waals surface area contributed by atoms with E-state index in [0.29, 0.717) is 31.7 Å². The maximum Gasteiger partial charge on any atom is 0.409 e. The van der Waals surface area contributed by atoms with Crippen LogP contribution in [0.25, 0.3) is 0 Å². The minimum atomic E-state index is -0.279. The van der Waals surface area contributed by atoms with Gasteiger partial charge in [0.1, 0.15) is 12.4 Å². The fourth-order valence-electron chi connectivity index (χ4n) is 2.01. The van der Waals surface area contributed by atoms with E-state index in [4.69, 9.17) is 4.74 Å². The van der Waals surface area contributed by atoms with E-state index in [2.05, 4.69) is 10.6 Å². The second-order valence-corrected chi connectivity index (χ2v) is 4.62. The molecule has 1 heterocycles. The lowest BCUT2D eigenvalue weighted by molar-refractivity contribution is 0.0982. The summed E-state index contributed by atoms with van der Waals surface area (Å²) in [6.07, 6.45) is -0.279. The SMILES string of the molecule is O=C(OCCNCc1ccccc1F)N1CCNCC1. The average molecular weight is 281 g/mol. The number of carbonyl (C=O) groups is 1. The largest absolute Gasteiger partial charge is 0.448 e. The van der Waals surface area contributed by atoms with Crippen LogP contribution in [0.15, 0.2) is 24.3 Å². The van der Waals surface area contributed by atoms with Crippen LogP contribution in [0.2, 0.25) is 0 Å². The standard InChI is InChI=1S/C14H20FN3O2/c15-13-4-2-1-3-12(13)11-17-7-10-20-14(19)18-8-5-16-6-9-18/h1-4,16-17H,5-11H2. The second-order valence-electron chi connectivity index (χ2n) is 4.62. The molecular weight excluding hydrogens is 261 g/mol. The number of benzene rings is 1. The van der Waals surface area contributed by atoms with E-state index in [-0.39, 0.29) is 18.5 Å². The van der Waals surface area contributed by atoms with Gasteiger partial charge in [0.2, 0.25) is 0 Å². The van der Waals surface area contributed by atoms with Gasteiger partial charge in [-0.15, -0.1) is 0 Å². The van der Waals surface area contributed by atoms with Gasteiger partial charge in [-0.3, -0.25) is 0 Å². The van der Waals surface area contributed by atoms with Crippen molar-refractivity contribution in [3.05, 3.63) is 35.6 Å². The van der Waals surface area contributed by atoms with Crippen LogP contribution in [0.5, 0.6) is 0 Å².